The maximum absolute atomic E-state index is 6.05. The topological polar surface area (TPSA) is 12.0 Å². The summed E-state index contributed by atoms with van der Waals surface area (Å²) in [5, 5.41) is 4.31. The Hall–Kier alpha value is -0.530. The van der Waals surface area contributed by atoms with E-state index in [4.69, 9.17) is 11.6 Å². The standard InChI is InChI=1S/C13H20ClN/c1-3-4-5-9-15-10-12-7-6-8-13(14)11(12)2/h6-8,15H,3-5,9-10H2,1-2H3. The van der Waals surface area contributed by atoms with Crippen LogP contribution in [-0.4, -0.2) is 6.54 Å². The van der Waals surface area contributed by atoms with Crippen LogP contribution in [0.15, 0.2) is 18.2 Å². The number of rotatable bonds is 6. The van der Waals surface area contributed by atoms with E-state index < -0.39 is 0 Å². The first kappa shape index (κ1) is 12.5. The molecule has 0 spiro atoms. The third kappa shape index (κ3) is 4.23. The molecule has 1 aromatic carbocycles. The van der Waals surface area contributed by atoms with Crippen molar-refractivity contribution >= 4 is 11.6 Å². The zero-order valence-electron chi connectivity index (χ0n) is 9.65. The van der Waals surface area contributed by atoms with E-state index in [2.05, 4.69) is 25.2 Å². The molecule has 0 atom stereocenters. The highest BCUT2D eigenvalue weighted by molar-refractivity contribution is 6.31. The summed E-state index contributed by atoms with van der Waals surface area (Å²) >= 11 is 6.05. The van der Waals surface area contributed by atoms with Crippen molar-refractivity contribution in [3.8, 4) is 0 Å². The van der Waals surface area contributed by atoms with E-state index in [1.54, 1.807) is 0 Å². The SMILES string of the molecule is CCCCCNCc1cccc(Cl)c1C. The van der Waals surface area contributed by atoms with E-state index in [1.165, 1.54) is 30.4 Å². The van der Waals surface area contributed by atoms with Gasteiger partial charge >= 0.3 is 0 Å². The summed E-state index contributed by atoms with van der Waals surface area (Å²) in [5.41, 5.74) is 2.50. The first-order chi connectivity index (χ1) is 7.25. The first-order valence-electron chi connectivity index (χ1n) is 5.70. The van der Waals surface area contributed by atoms with Gasteiger partial charge in [-0.15, -0.1) is 0 Å². The minimum Gasteiger partial charge on any atom is -0.313 e. The van der Waals surface area contributed by atoms with E-state index in [0.29, 0.717) is 0 Å². The molecule has 0 aromatic heterocycles. The minimum absolute atomic E-state index is 0.864. The summed E-state index contributed by atoms with van der Waals surface area (Å²) < 4.78 is 0. The summed E-state index contributed by atoms with van der Waals surface area (Å²) in [5.74, 6) is 0. The fraction of sp³-hybridized carbons (Fsp3) is 0.538. The molecule has 0 bridgehead atoms. The highest BCUT2D eigenvalue weighted by atomic mass is 35.5. The van der Waals surface area contributed by atoms with Crippen LogP contribution in [-0.2, 0) is 6.54 Å². The van der Waals surface area contributed by atoms with E-state index in [-0.39, 0.29) is 0 Å². The van der Waals surface area contributed by atoms with Crippen LogP contribution < -0.4 is 5.32 Å². The number of hydrogen-bond donors (Lipinski definition) is 1. The van der Waals surface area contributed by atoms with E-state index >= 15 is 0 Å². The Morgan fingerprint density at radius 1 is 1.27 bits per heavy atom. The largest absolute Gasteiger partial charge is 0.313 e. The smallest absolute Gasteiger partial charge is 0.0438 e. The van der Waals surface area contributed by atoms with E-state index in [0.717, 1.165) is 18.1 Å². The number of halogens is 1. The molecule has 0 amide bonds. The lowest BCUT2D eigenvalue weighted by atomic mass is 10.1. The average molecular weight is 226 g/mol. The van der Waals surface area contributed by atoms with Crippen LogP contribution in [0.3, 0.4) is 0 Å². The second-order valence-corrected chi connectivity index (χ2v) is 4.32. The Labute approximate surface area is 97.8 Å². The van der Waals surface area contributed by atoms with Crippen molar-refractivity contribution in [2.45, 2.75) is 39.7 Å². The predicted octanol–water partition coefficient (Wildman–Crippen LogP) is 3.93. The van der Waals surface area contributed by atoms with Gasteiger partial charge in [-0.25, -0.2) is 0 Å². The molecule has 0 saturated carbocycles. The Balaban J connectivity index is 2.34. The van der Waals surface area contributed by atoms with Gasteiger partial charge in [0.15, 0.2) is 0 Å². The van der Waals surface area contributed by atoms with Gasteiger partial charge in [0.05, 0.1) is 0 Å². The lowest BCUT2D eigenvalue weighted by Crippen LogP contribution is -2.15. The van der Waals surface area contributed by atoms with Gasteiger partial charge in [-0.05, 0) is 37.1 Å². The molecule has 1 N–H and O–H groups in total. The molecule has 0 unspecified atom stereocenters. The highest BCUT2D eigenvalue weighted by Crippen LogP contribution is 2.18. The lowest BCUT2D eigenvalue weighted by Gasteiger charge is -2.08. The molecule has 84 valence electrons. The van der Waals surface area contributed by atoms with Gasteiger partial charge in [0.1, 0.15) is 0 Å². The molecule has 2 heteroatoms. The number of unbranched alkanes of at least 4 members (excludes halogenated alkanes) is 2. The van der Waals surface area contributed by atoms with Crippen LogP contribution in [0.5, 0.6) is 0 Å². The van der Waals surface area contributed by atoms with Crippen molar-refractivity contribution < 1.29 is 0 Å². The van der Waals surface area contributed by atoms with Crippen LogP contribution in [0.4, 0.5) is 0 Å². The molecule has 15 heavy (non-hydrogen) atoms. The molecular weight excluding hydrogens is 206 g/mol. The van der Waals surface area contributed by atoms with Crippen LogP contribution in [0, 0.1) is 6.92 Å². The molecule has 0 fully saturated rings. The molecule has 1 nitrogen and oxygen atoms in total. The fourth-order valence-corrected chi connectivity index (χ4v) is 1.76. The van der Waals surface area contributed by atoms with Crippen molar-refractivity contribution in [1.82, 2.24) is 5.32 Å². The van der Waals surface area contributed by atoms with Crippen LogP contribution in [0.1, 0.15) is 37.3 Å². The van der Waals surface area contributed by atoms with Gasteiger partial charge in [0, 0.05) is 11.6 Å². The minimum atomic E-state index is 0.864. The fourth-order valence-electron chi connectivity index (χ4n) is 1.57. The van der Waals surface area contributed by atoms with Crippen molar-refractivity contribution in [3.63, 3.8) is 0 Å². The molecule has 0 aliphatic heterocycles. The zero-order valence-corrected chi connectivity index (χ0v) is 10.4. The third-order valence-corrected chi connectivity index (χ3v) is 3.06. The Morgan fingerprint density at radius 2 is 2.07 bits per heavy atom. The summed E-state index contributed by atoms with van der Waals surface area (Å²) in [6.45, 7) is 6.32. The zero-order chi connectivity index (χ0) is 11.1. The van der Waals surface area contributed by atoms with Gasteiger partial charge < -0.3 is 5.32 Å². The van der Waals surface area contributed by atoms with Gasteiger partial charge in [-0.1, -0.05) is 43.5 Å². The maximum atomic E-state index is 6.05. The van der Waals surface area contributed by atoms with Gasteiger partial charge in [0.25, 0.3) is 0 Å². The van der Waals surface area contributed by atoms with E-state index in [1.807, 2.05) is 12.1 Å². The predicted molar refractivity (Wildman–Crippen MR) is 67.4 cm³/mol. The molecule has 0 aliphatic carbocycles. The molecule has 0 aliphatic rings. The Bertz CT molecular complexity index is 297. The van der Waals surface area contributed by atoms with Gasteiger partial charge in [-0.2, -0.15) is 0 Å². The molecule has 1 aromatic rings. The summed E-state index contributed by atoms with van der Waals surface area (Å²) in [7, 11) is 0. The van der Waals surface area contributed by atoms with E-state index in [9.17, 15) is 0 Å². The molecule has 0 heterocycles. The van der Waals surface area contributed by atoms with Crippen molar-refractivity contribution in [3.05, 3.63) is 34.3 Å². The monoisotopic (exact) mass is 225 g/mol. The maximum Gasteiger partial charge on any atom is 0.0438 e. The van der Waals surface area contributed by atoms with Crippen molar-refractivity contribution in [1.29, 1.82) is 0 Å². The first-order valence-corrected chi connectivity index (χ1v) is 6.08. The van der Waals surface area contributed by atoms with Crippen molar-refractivity contribution in [2.75, 3.05) is 6.54 Å². The summed E-state index contributed by atoms with van der Waals surface area (Å²) in [4.78, 5) is 0. The molecule has 1 rings (SSSR count). The van der Waals surface area contributed by atoms with Crippen molar-refractivity contribution in [2.24, 2.45) is 0 Å². The lowest BCUT2D eigenvalue weighted by molar-refractivity contribution is 0.615. The second kappa shape index (κ2) is 6.86. The molecule has 0 saturated heterocycles. The summed E-state index contributed by atoms with van der Waals surface area (Å²) in [6.07, 6.45) is 3.84. The average Bonchev–Trinajstić information content (AvgIpc) is 2.24. The highest BCUT2D eigenvalue weighted by Gasteiger charge is 2.00. The normalized spacial score (nSPS) is 10.6. The van der Waals surface area contributed by atoms with Gasteiger partial charge in [-0.3, -0.25) is 0 Å². The second-order valence-electron chi connectivity index (χ2n) is 3.91. The van der Waals surface area contributed by atoms with Gasteiger partial charge in [0.2, 0.25) is 0 Å². The third-order valence-electron chi connectivity index (χ3n) is 2.65. The van der Waals surface area contributed by atoms with Crippen LogP contribution >= 0.6 is 11.6 Å². The van der Waals surface area contributed by atoms with Crippen LogP contribution in [0.25, 0.3) is 0 Å². The van der Waals surface area contributed by atoms with Crippen LogP contribution in [0.2, 0.25) is 5.02 Å². The summed E-state index contributed by atoms with van der Waals surface area (Å²) in [6, 6.07) is 6.09. The number of hydrogen-bond acceptors (Lipinski definition) is 1. The molecular formula is C13H20ClN. The Morgan fingerprint density at radius 3 is 2.80 bits per heavy atom. The Kier molecular flexibility index (Phi) is 5.74. The molecule has 0 radical (unpaired) electrons. The quantitative estimate of drug-likeness (QED) is 0.724. The number of nitrogens with one attached hydrogen (secondary N) is 1. The number of benzene rings is 1.